The molecule has 3 heteroatoms. The standard InChI is InChI=1S/C20H20O3/c1-12(2)13(3)16-6-4-5-7-17(16)19-10-14-8-9-15(21)11-18(14)20(22)23-19/h4-13,21H,1-3H3. The number of rotatable bonds is 3. The first-order valence-electron chi connectivity index (χ1n) is 7.83. The maximum Gasteiger partial charge on any atom is 0.344 e. The van der Waals surface area contributed by atoms with Gasteiger partial charge in [-0.3, -0.25) is 0 Å². The molecule has 0 amide bonds. The van der Waals surface area contributed by atoms with Crippen molar-refractivity contribution in [2.75, 3.05) is 0 Å². The highest BCUT2D eigenvalue weighted by Gasteiger charge is 2.17. The quantitative estimate of drug-likeness (QED) is 0.746. The lowest BCUT2D eigenvalue weighted by atomic mass is 9.86. The SMILES string of the molecule is CC(C)C(C)c1ccccc1-c1cc2ccc(O)cc2c(=O)o1. The van der Waals surface area contributed by atoms with E-state index in [2.05, 4.69) is 26.8 Å². The van der Waals surface area contributed by atoms with E-state index in [1.54, 1.807) is 12.1 Å². The van der Waals surface area contributed by atoms with Crippen molar-refractivity contribution in [2.45, 2.75) is 26.7 Å². The second-order valence-corrected chi connectivity index (χ2v) is 6.29. The van der Waals surface area contributed by atoms with Gasteiger partial charge in [0.05, 0.1) is 5.39 Å². The van der Waals surface area contributed by atoms with E-state index in [4.69, 9.17) is 4.42 Å². The van der Waals surface area contributed by atoms with Crippen LogP contribution in [0.5, 0.6) is 5.75 Å². The summed E-state index contributed by atoms with van der Waals surface area (Å²) >= 11 is 0. The molecule has 0 fully saturated rings. The molecule has 0 saturated heterocycles. The van der Waals surface area contributed by atoms with E-state index in [1.165, 1.54) is 11.6 Å². The van der Waals surface area contributed by atoms with Gasteiger partial charge in [-0.05, 0) is 41.0 Å². The van der Waals surface area contributed by atoms with Gasteiger partial charge in [-0.1, -0.05) is 51.1 Å². The zero-order valence-electron chi connectivity index (χ0n) is 13.5. The lowest BCUT2D eigenvalue weighted by molar-refractivity contribution is 0.475. The molecular weight excluding hydrogens is 288 g/mol. The number of aromatic hydroxyl groups is 1. The summed E-state index contributed by atoms with van der Waals surface area (Å²) in [4.78, 5) is 12.3. The molecule has 3 nitrogen and oxygen atoms in total. The van der Waals surface area contributed by atoms with Crippen molar-refractivity contribution in [3.63, 3.8) is 0 Å². The first kappa shape index (κ1) is 15.3. The fourth-order valence-electron chi connectivity index (χ4n) is 2.78. The summed E-state index contributed by atoms with van der Waals surface area (Å²) in [7, 11) is 0. The topological polar surface area (TPSA) is 50.4 Å². The second-order valence-electron chi connectivity index (χ2n) is 6.29. The maximum absolute atomic E-state index is 12.3. The molecule has 0 aliphatic heterocycles. The van der Waals surface area contributed by atoms with Gasteiger partial charge in [0.1, 0.15) is 11.5 Å². The number of benzene rings is 2. The number of fused-ring (bicyclic) bond motifs is 1. The minimum Gasteiger partial charge on any atom is -0.508 e. The van der Waals surface area contributed by atoms with Gasteiger partial charge in [0, 0.05) is 5.56 Å². The van der Waals surface area contributed by atoms with E-state index in [0.717, 1.165) is 10.9 Å². The third-order valence-corrected chi connectivity index (χ3v) is 4.46. The van der Waals surface area contributed by atoms with Crippen LogP contribution in [0.3, 0.4) is 0 Å². The summed E-state index contributed by atoms with van der Waals surface area (Å²) in [5.74, 6) is 1.47. The van der Waals surface area contributed by atoms with Gasteiger partial charge in [-0.25, -0.2) is 4.79 Å². The number of phenolic OH excluding ortho intramolecular Hbond substituents is 1. The van der Waals surface area contributed by atoms with Crippen LogP contribution in [-0.4, -0.2) is 5.11 Å². The smallest absolute Gasteiger partial charge is 0.344 e. The molecule has 0 bridgehead atoms. The van der Waals surface area contributed by atoms with Crippen LogP contribution in [0.25, 0.3) is 22.1 Å². The Morgan fingerprint density at radius 3 is 2.48 bits per heavy atom. The third-order valence-electron chi connectivity index (χ3n) is 4.46. The first-order chi connectivity index (χ1) is 11.0. The molecule has 23 heavy (non-hydrogen) atoms. The van der Waals surface area contributed by atoms with Gasteiger partial charge in [0.2, 0.25) is 0 Å². The molecule has 118 valence electrons. The van der Waals surface area contributed by atoms with Crippen molar-refractivity contribution in [1.29, 1.82) is 0 Å². The third kappa shape index (κ3) is 2.87. The molecular formula is C20H20O3. The number of hydrogen-bond donors (Lipinski definition) is 1. The summed E-state index contributed by atoms with van der Waals surface area (Å²) in [5, 5.41) is 10.7. The predicted octanol–water partition coefficient (Wildman–Crippen LogP) is 4.93. The lowest BCUT2D eigenvalue weighted by Crippen LogP contribution is -2.05. The van der Waals surface area contributed by atoms with Gasteiger partial charge in [-0.15, -0.1) is 0 Å². The number of phenols is 1. The van der Waals surface area contributed by atoms with Gasteiger partial charge in [0.25, 0.3) is 0 Å². The molecule has 0 saturated carbocycles. The van der Waals surface area contributed by atoms with Crippen LogP contribution < -0.4 is 5.63 Å². The Hall–Kier alpha value is -2.55. The van der Waals surface area contributed by atoms with E-state index in [-0.39, 0.29) is 5.75 Å². The molecule has 0 aliphatic carbocycles. The average Bonchev–Trinajstić information content (AvgIpc) is 2.54. The molecule has 1 unspecified atom stereocenters. The molecule has 0 aliphatic rings. The Kier molecular flexibility index (Phi) is 3.95. The van der Waals surface area contributed by atoms with Crippen molar-refractivity contribution >= 4 is 10.8 Å². The summed E-state index contributed by atoms with van der Waals surface area (Å²) < 4.78 is 5.54. The van der Waals surface area contributed by atoms with Crippen molar-refractivity contribution in [1.82, 2.24) is 0 Å². The van der Waals surface area contributed by atoms with E-state index in [0.29, 0.717) is 23.0 Å². The van der Waals surface area contributed by atoms with Crippen LogP contribution in [0.2, 0.25) is 0 Å². The minimum absolute atomic E-state index is 0.0615. The van der Waals surface area contributed by atoms with Gasteiger partial charge in [0.15, 0.2) is 0 Å². The maximum atomic E-state index is 12.3. The predicted molar refractivity (Wildman–Crippen MR) is 92.8 cm³/mol. The molecule has 1 heterocycles. The molecule has 2 aromatic carbocycles. The monoisotopic (exact) mass is 308 g/mol. The summed E-state index contributed by atoms with van der Waals surface area (Å²) in [5.41, 5.74) is 1.69. The molecule has 1 atom stereocenters. The summed E-state index contributed by atoms with van der Waals surface area (Å²) in [6.07, 6.45) is 0. The molecule has 0 radical (unpaired) electrons. The molecule has 1 aromatic heterocycles. The number of hydrogen-bond acceptors (Lipinski definition) is 3. The van der Waals surface area contributed by atoms with E-state index >= 15 is 0 Å². The first-order valence-corrected chi connectivity index (χ1v) is 7.83. The van der Waals surface area contributed by atoms with Crippen molar-refractivity contribution in [3.05, 3.63) is 64.5 Å². The molecule has 3 aromatic rings. The van der Waals surface area contributed by atoms with Crippen molar-refractivity contribution < 1.29 is 9.52 Å². The van der Waals surface area contributed by atoms with Crippen molar-refractivity contribution in [3.8, 4) is 17.1 Å². The largest absolute Gasteiger partial charge is 0.508 e. The fourth-order valence-corrected chi connectivity index (χ4v) is 2.78. The van der Waals surface area contributed by atoms with E-state index in [1.807, 2.05) is 24.3 Å². The molecule has 1 N–H and O–H groups in total. The zero-order valence-corrected chi connectivity index (χ0v) is 13.5. The van der Waals surface area contributed by atoms with Crippen LogP contribution in [0, 0.1) is 5.92 Å². The zero-order chi connectivity index (χ0) is 16.6. The molecule has 3 rings (SSSR count). The fraction of sp³-hybridized carbons (Fsp3) is 0.250. The molecule has 0 spiro atoms. The minimum atomic E-state index is -0.430. The Balaban J connectivity index is 2.22. The van der Waals surface area contributed by atoms with Crippen molar-refractivity contribution in [2.24, 2.45) is 5.92 Å². The van der Waals surface area contributed by atoms with Gasteiger partial charge in [-0.2, -0.15) is 0 Å². The highest BCUT2D eigenvalue weighted by atomic mass is 16.4. The van der Waals surface area contributed by atoms with Crippen LogP contribution in [0.15, 0.2) is 57.7 Å². The summed E-state index contributed by atoms with van der Waals surface area (Å²) in [6, 6.07) is 14.6. The Labute approximate surface area is 135 Å². The van der Waals surface area contributed by atoms with Gasteiger partial charge < -0.3 is 9.52 Å². The lowest BCUT2D eigenvalue weighted by Gasteiger charge is -2.19. The highest BCUT2D eigenvalue weighted by Crippen LogP contribution is 2.33. The Morgan fingerprint density at radius 1 is 1.00 bits per heavy atom. The van der Waals surface area contributed by atoms with Crippen LogP contribution in [-0.2, 0) is 0 Å². The Morgan fingerprint density at radius 2 is 1.74 bits per heavy atom. The second kappa shape index (κ2) is 5.92. The van der Waals surface area contributed by atoms with Crippen LogP contribution in [0.1, 0.15) is 32.3 Å². The highest BCUT2D eigenvalue weighted by molar-refractivity contribution is 5.85. The van der Waals surface area contributed by atoms with E-state index < -0.39 is 5.63 Å². The van der Waals surface area contributed by atoms with Crippen LogP contribution in [0.4, 0.5) is 0 Å². The summed E-state index contributed by atoms with van der Waals surface area (Å²) in [6.45, 7) is 6.54. The van der Waals surface area contributed by atoms with Crippen LogP contribution >= 0.6 is 0 Å². The van der Waals surface area contributed by atoms with E-state index in [9.17, 15) is 9.90 Å². The normalized spacial score (nSPS) is 12.7. The van der Waals surface area contributed by atoms with Gasteiger partial charge >= 0.3 is 5.63 Å². The average molecular weight is 308 g/mol. The Bertz CT molecular complexity index is 906.